The Kier molecular flexibility index (Phi) is 6.39. The number of anilines is 2. The zero-order valence-corrected chi connectivity index (χ0v) is 19.3. The number of carbonyl (C=O) groups is 2. The summed E-state index contributed by atoms with van der Waals surface area (Å²) in [5, 5.41) is 4.46. The molecule has 7 nitrogen and oxygen atoms in total. The van der Waals surface area contributed by atoms with E-state index in [1.807, 2.05) is 43.3 Å². The fourth-order valence-electron chi connectivity index (χ4n) is 4.14. The van der Waals surface area contributed by atoms with E-state index in [1.165, 1.54) is 12.7 Å². The van der Waals surface area contributed by atoms with Crippen LogP contribution in [0.25, 0.3) is 10.9 Å². The lowest BCUT2D eigenvalue weighted by Crippen LogP contribution is -2.48. The van der Waals surface area contributed by atoms with Crippen molar-refractivity contribution in [3.8, 4) is 0 Å². The first-order chi connectivity index (χ1) is 15.4. The molecule has 8 heteroatoms. The van der Waals surface area contributed by atoms with Crippen LogP contribution in [0.15, 0.2) is 36.4 Å². The number of aryl methyl sites for hydroxylation is 2. The van der Waals surface area contributed by atoms with Gasteiger partial charge in [-0.15, -0.1) is 0 Å². The molecule has 1 aromatic heterocycles. The van der Waals surface area contributed by atoms with E-state index in [2.05, 4.69) is 27.0 Å². The van der Waals surface area contributed by atoms with Gasteiger partial charge < -0.3 is 19.9 Å². The van der Waals surface area contributed by atoms with Crippen LogP contribution in [-0.2, 0) is 9.53 Å². The van der Waals surface area contributed by atoms with Gasteiger partial charge in [0.15, 0.2) is 0 Å². The molecule has 3 aromatic rings. The zero-order valence-electron chi connectivity index (χ0n) is 18.5. The van der Waals surface area contributed by atoms with Crippen molar-refractivity contribution >= 4 is 45.8 Å². The second-order valence-electron chi connectivity index (χ2n) is 8.16. The molecule has 2 N–H and O–H groups in total. The number of esters is 1. The van der Waals surface area contributed by atoms with Gasteiger partial charge in [-0.05, 0) is 43.7 Å². The summed E-state index contributed by atoms with van der Waals surface area (Å²) in [5.41, 5.74) is 4.85. The average Bonchev–Trinajstić information content (AvgIpc) is 3.13. The fraction of sp³-hybridized carbons (Fsp3) is 0.333. The van der Waals surface area contributed by atoms with Gasteiger partial charge in [-0.3, -0.25) is 9.69 Å². The first kappa shape index (κ1) is 22.2. The van der Waals surface area contributed by atoms with Crippen molar-refractivity contribution < 1.29 is 14.3 Å². The van der Waals surface area contributed by atoms with Gasteiger partial charge in [-0.25, -0.2) is 4.79 Å². The Morgan fingerprint density at radius 2 is 1.84 bits per heavy atom. The quantitative estimate of drug-likeness (QED) is 0.570. The summed E-state index contributed by atoms with van der Waals surface area (Å²) >= 11 is 6.17. The summed E-state index contributed by atoms with van der Waals surface area (Å²) < 4.78 is 4.89. The van der Waals surface area contributed by atoms with E-state index in [0.29, 0.717) is 5.69 Å². The minimum Gasteiger partial charge on any atom is -0.464 e. The SMILES string of the molecule is COC(=O)c1[nH]c2ccc(C)cc2c1NC(=O)CN1CCN(c2cc(Cl)ccc2C)CC1. The number of nitrogens with zero attached hydrogens (tertiary/aromatic N) is 2. The molecule has 0 aliphatic carbocycles. The first-order valence-electron chi connectivity index (χ1n) is 10.6. The molecule has 2 heterocycles. The molecule has 0 unspecified atom stereocenters. The summed E-state index contributed by atoms with van der Waals surface area (Å²) in [4.78, 5) is 32.6. The molecule has 0 atom stereocenters. The van der Waals surface area contributed by atoms with Crippen LogP contribution in [-0.4, -0.2) is 61.6 Å². The standard InChI is InChI=1S/C24H27ClN4O3/c1-15-4-7-19-18(12-15)22(23(26-19)24(31)32-3)27-21(30)14-28-8-10-29(11-9-28)20-13-17(25)6-5-16(20)2/h4-7,12-13,26H,8-11,14H2,1-3H3,(H,27,30). The molecule has 0 radical (unpaired) electrons. The Bertz CT molecular complexity index is 1170. The Balaban J connectivity index is 1.44. The monoisotopic (exact) mass is 454 g/mol. The summed E-state index contributed by atoms with van der Waals surface area (Å²) in [6.45, 7) is 7.44. The van der Waals surface area contributed by atoms with Crippen molar-refractivity contribution in [3.05, 3.63) is 58.2 Å². The number of aromatic nitrogens is 1. The van der Waals surface area contributed by atoms with Crippen LogP contribution in [0.2, 0.25) is 5.02 Å². The molecule has 1 aliphatic heterocycles. The number of amides is 1. The number of H-pyrrole nitrogens is 1. The lowest BCUT2D eigenvalue weighted by molar-refractivity contribution is -0.117. The highest BCUT2D eigenvalue weighted by molar-refractivity contribution is 6.30. The maximum absolute atomic E-state index is 12.9. The van der Waals surface area contributed by atoms with Crippen molar-refractivity contribution in [2.75, 3.05) is 50.1 Å². The molecule has 1 amide bonds. The van der Waals surface area contributed by atoms with Crippen LogP contribution in [0.3, 0.4) is 0 Å². The predicted molar refractivity (Wildman–Crippen MR) is 128 cm³/mol. The van der Waals surface area contributed by atoms with Gasteiger partial charge in [0.1, 0.15) is 5.69 Å². The lowest BCUT2D eigenvalue weighted by atomic mass is 10.1. The highest BCUT2D eigenvalue weighted by atomic mass is 35.5. The van der Waals surface area contributed by atoms with Crippen molar-refractivity contribution in [2.24, 2.45) is 0 Å². The molecule has 4 rings (SSSR count). The van der Waals surface area contributed by atoms with E-state index in [9.17, 15) is 9.59 Å². The van der Waals surface area contributed by atoms with Crippen molar-refractivity contribution in [1.82, 2.24) is 9.88 Å². The van der Waals surface area contributed by atoms with E-state index in [1.54, 1.807) is 0 Å². The molecule has 0 spiro atoms. The summed E-state index contributed by atoms with van der Waals surface area (Å²) in [6, 6.07) is 11.7. The van der Waals surface area contributed by atoms with E-state index in [0.717, 1.165) is 53.4 Å². The maximum atomic E-state index is 12.9. The molecule has 1 aliphatic rings. The second kappa shape index (κ2) is 9.22. The number of fused-ring (bicyclic) bond motifs is 1. The van der Waals surface area contributed by atoms with Crippen LogP contribution in [0.1, 0.15) is 21.6 Å². The average molecular weight is 455 g/mol. The molecule has 32 heavy (non-hydrogen) atoms. The third-order valence-electron chi connectivity index (χ3n) is 5.86. The number of rotatable bonds is 5. The van der Waals surface area contributed by atoms with Gasteiger partial charge in [0, 0.05) is 47.8 Å². The third-order valence-corrected chi connectivity index (χ3v) is 6.09. The topological polar surface area (TPSA) is 77.7 Å². The molecular weight excluding hydrogens is 428 g/mol. The number of carbonyl (C=O) groups excluding carboxylic acids is 2. The smallest absolute Gasteiger partial charge is 0.356 e. The number of hydrogen-bond donors (Lipinski definition) is 2. The van der Waals surface area contributed by atoms with Gasteiger partial charge in [0.05, 0.1) is 19.3 Å². The Labute approximate surface area is 192 Å². The van der Waals surface area contributed by atoms with Crippen LogP contribution < -0.4 is 10.2 Å². The number of hydrogen-bond acceptors (Lipinski definition) is 5. The van der Waals surface area contributed by atoms with Gasteiger partial charge in [0.2, 0.25) is 5.91 Å². The lowest BCUT2D eigenvalue weighted by Gasteiger charge is -2.36. The molecule has 2 aromatic carbocycles. The number of piperazine rings is 1. The third kappa shape index (κ3) is 4.59. The number of aromatic amines is 1. The van der Waals surface area contributed by atoms with Crippen LogP contribution in [0.4, 0.5) is 11.4 Å². The zero-order chi connectivity index (χ0) is 22.8. The minimum atomic E-state index is -0.514. The minimum absolute atomic E-state index is 0.162. The molecule has 0 saturated carbocycles. The maximum Gasteiger partial charge on any atom is 0.356 e. The van der Waals surface area contributed by atoms with Gasteiger partial charge in [-0.1, -0.05) is 29.3 Å². The van der Waals surface area contributed by atoms with Gasteiger partial charge in [-0.2, -0.15) is 0 Å². The molecule has 1 fully saturated rings. The van der Waals surface area contributed by atoms with E-state index >= 15 is 0 Å². The van der Waals surface area contributed by atoms with Crippen molar-refractivity contribution in [3.63, 3.8) is 0 Å². The predicted octanol–water partition coefficient (Wildman–Crippen LogP) is 3.99. The van der Waals surface area contributed by atoms with E-state index in [-0.39, 0.29) is 18.1 Å². The fourth-order valence-corrected chi connectivity index (χ4v) is 4.31. The van der Waals surface area contributed by atoms with E-state index < -0.39 is 5.97 Å². The van der Waals surface area contributed by atoms with Crippen LogP contribution in [0, 0.1) is 13.8 Å². The van der Waals surface area contributed by atoms with Gasteiger partial charge in [0.25, 0.3) is 0 Å². The molecule has 168 valence electrons. The molecular formula is C24H27ClN4O3. The summed E-state index contributed by atoms with van der Waals surface area (Å²) in [5.74, 6) is -0.676. The number of halogens is 1. The van der Waals surface area contributed by atoms with Crippen molar-refractivity contribution in [2.45, 2.75) is 13.8 Å². The highest BCUT2D eigenvalue weighted by Gasteiger charge is 2.23. The molecule has 0 bridgehead atoms. The summed E-state index contributed by atoms with van der Waals surface area (Å²) in [6.07, 6.45) is 0. The van der Waals surface area contributed by atoms with Crippen LogP contribution >= 0.6 is 11.6 Å². The normalized spacial score (nSPS) is 14.6. The Morgan fingerprint density at radius 3 is 2.56 bits per heavy atom. The van der Waals surface area contributed by atoms with Crippen LogP contribution in [0.5, 0.6) is 0 Å². The largest absolute Gasteiger partial charge is 0.464 e. The Morgan fingerprint density at radius 1 is 1.09 bits per heavy atom. The first-order valence-corrected chi connectivity index (χ1v) is 11.0. The second-order valence-corrected chi connectivity index (χ2v) is 8.59. The van der Waals surface area contributed by atoms with Crippen molar-refractivity contribution in [1.29, 1.82) is 0 Å². The van der Waals surface area contributed by atoms with Gasteiger partial charge >= 0.3 is 5.97 Å². The van der Waals surface area contributed by atoms with E-state index in [4.69, 9.17) is 16.3 Å². The summed E-state index contributed by atoms with van der Waals surface area (Å²) in [7, 11) is 1.33. The number of ether oxygens (including phenoxy) is 1. The molecule has 1 saturated heterocycles. The number of methoxy groups -OCH3 is 1. The Hall–Kier alpha value is -3.03. The highest BCUT2D eigenvalue weighted by Crippen LogP contribution is 2.29. The number of nitrogens with one attached hydrogen (secondary N) is 2. The number of benzene rings is 2.